The van der Waals surface area contributed by atoms with Gasteiger partial charge in [-0.25, -0.2) is 4.79 Å². The number of aromatic amines is 1. The van der Waals surface area contributed by atoms with E-state index in [1.165, 1.54) is 0 Å². The van der Waals surface area contributed by atoms with Gasteiger partial charge >= 0.3 is 5.97 Å². The molecule has 0 aliphatic rings. The van der Waals surface area contributed by atoms with Crippen molar-refractivity contribution in [2.75, 3.05) is 0 Å². The molecule has 0 spiro atoms. The smallest absolute Gasteiger partial charge is 0.339 e. The number of carboxylic acids is 1. The summed E-state index contributed by atoms with van der Waals surface area (Å²) in [5.74, 6) is 0.0438. The van der Waals surface area contributed by atoms with Gasteiger partial charge < -0.3 is 9.84 Å². The molecule has 0 aliphatic heterocycles. The Bertz CT molecular complexity index is 665. The molecule has 2 aromatic rings. The lowest BCUT2D eigenvalue weighted by molar-refractivity contribution is 0.0693. The minimum absolute atomic E-state index is 0.118. The number of aryl methyl sites for hydroxylation is 1. The maximum absolute atomic E-state index is 11.2. The molecule has 0 radical (unpaired) electrons. The number of benzene rings is 1. The van der Waals surface area contributed by atoms with Crippen molar-refractivity contribution in [3.63, 3.8) is 0 Å². The average molecular weight is 353 g/mol. The van der Waals surface area contributed by atoms with Gasteiger partial charge in [-0.2, -0.15) is 5.10 Å². The molecule has 2 N–H and O–H groups in total. The molecule has 5 nitrogen and oxygen atoms in total. The molecular formula is C15H17BrN2O3. The second kappa shape index (κ2) is 6.30. The van der Waals surface area contributed by atoms with Crippen LogP contribution in [0, 0.1) is 6.92 Å². The molecular weight excluding hydrogens is 336 g/mol. The highest BCUT2D eigenvalue weighted by Gasteiger charge is 2.18. The maximum atomic E-state index is 11.2. The van der Waals surface area contributed by atoms with Crippen LogP contribution in [0.2, 0.25) is 0 Å². The van der Waals surface area contributed by atoms with E-state index in [1.54, 1.807) is 6.92 Å². The first kappa shape index (κ1) is 15.6. The van der Waals surface area contributed by atoms with E-state index in [0.717, 1.165) is 15.8 Å². The number of carboxylic acid groups (broad SMARTS) is 1. The summed E-state index contributed by atoms with van der Waals surface area (Å²) in [5, 5.41) is 15.9. The number of ether oxygens (including phenoxy) is 1. The highest BCUT2D eigenvalue weighted by atomic mass is 79.9. The number of aromatic nitrogens is 2. The third kappa shape index (κ3) is 3.44. The summed E-state index contributed by atoms with van der Waals surface area (Å²) in [5.41, 5.74) is 2.17. The first-order valence-corrected chi connectivity index (χ1v) is 7.38. The predicted molar refractivity (Wildman–Crippen MR) is 82.8 cm³/mol. The van der Waals surface area contributed by atoms with Gasteiger partial charge in [0.25, 0.3) is 0 Å². The van der Waals surface area contributed by atoms with E-state index in [2.05, 4.69) is 40.0 Å². The van der Waals surface area contributed by atoms with Crippen molar-refractivity contribution in [3.8, 4) is 5.75 Å². The molecule has 0 fully saturated rings. The quantitative estimate of drug-likeness (QED) is 0.855. The van der Waals surface area contributed by atoms with Gasteiger partial charge in [0.2, 0.25) is 0 Å². The molecule has 0 amide bonds. The van der Waals surface area contributed by atoms with E-state index in [-0.39, 0.29) is 12.2 Å². The van der Waals surface area contributed by atoms with Crippen molar-refractivity contribution in [2.45, 2.75) is 33.3 Å². The van der Waals surface area contributed by atoms with Crippen LogP contribution in [0.1, 0.15) is 47.1 Å². The van der Waals surface area contributed by atoms with E-state index in [1.807, 2.05) is 18.2 Å². The Labute approximate surface area is 131 Å². The van der Waals surface area contributed by atoms with Crippen LogP contribution in [-0.2, 0) is 6.61 Å². The zero-order valence-electron chi connectivity index (χ0n) is 12.1. The Hall–Kier alpha value is -1.82. The van der Waals surface area contributed by atoms with Gasteiger partial charge in [0.1, 0.15) is 23.6 Å². The van der Waals surface area contributed by atoms with E-state index in [9.17, 15) is 9.90 Å². The van der Waals surface area contributed by atoms with Crippen molar-refractivity contribution < 1.29 is 14.6 Å². The Morgan fingerprint density at radius 1 is 1.48 bits per heavy atom. The summed E-state index contributed by atoms with van der Waals surface area (Å²) >= 11 is 3.44. The molecule has 112 valence electrons. The van der Waals surface area contributed by atoms with Gasteiger partial charge in [-0.3, -0.25) is 5.10 Å². The van der Waals surface area contributed by atoms with Gasteiger partial charge in [0.05, 0.1) is 0 Å². The lowest BCUT2D eigenvalue weighted by Gasteiger charge is -2.14. The van der Waals surface area contributed by atoms with Gasteiger partial charge in [0.15, 0.2) is 0 Å². The van der Waals surface area contributed by atoms with Crippen LogP contribution in [-0.4, -0.2) is 21.3 Å². The molecule has 1 aromatic heterocycles. The SMILES string of the molecule is Cc1[nH]nc(COc2ccc(Br)cc2C(C)C)c1C(=O)O. The fourth-order valence-electron chi connectivity index (χ4n) is 2.12. The summed E-state index contributed by atoms with van der Waals surface area (Å²) in [6.45, 7) is 5.96. The van der Waals surface area contributed by atoms with Gasteiger partial charge in [0, 0.05) is 10.2 Å². The first-order chi connectivity index (χ1) is 9.90. The van der Waals surface area contributed by atoms with Crippen molar-refractivity contribution in [1.29, 1.82) is 0 Å². The van der Waals surface area contributed by atoms with Crippen molar-refractivity contribution in [2.24, 2.45) is 0 Å². The normalized spacial score (nSPS) is 10.9. The zero-order valence-corrected chi connectivity index (χ0v) is 13.7. The second-order valence-corrected chi connectivity index (χ2v) is 6.02. The number of nitrogens with zero attached hydrogens (tertiary/aromatic N) is 1. The number of rotatable bonds is 5. The summed E-state index contributed by atoms with van der Waals surface area (Å²) < 4.78 is 6.76. The minimum Gasteiger partial charge on any atom is -0.487 e. The van der Waals surface area contributed by atoms with Crippen LogP contribution in [0.5, 0.6) is 5.75 Å². The third-order valence-corrected chi connectivity index (χ3v) is 3.69. The van der Waals surface area contributed by atoms with Gasteiger partial charge in [-0.05, 0) is 36.6 Å². The monoisotopic (exact) mass is 352 g/mol. The van der Waals surface area contributed by atoms with Gasteiger partial charge in [-0.15, -0.1) is 0 Å². The Balaban J connectivity index is 2.23. The fraction of sp³-hybridized carbons (Fsp3) is 0.333. The van der Waals surface area contributed by atoms with Crippen LogP contribution < -0.4 is 4.74 Å². The summed E-state index contributed by atoms with van der Waals surface area (Å²) in [7, 11) is 0. The molecule has 1 aromatic carbocycles. The van der Waals surface area contributed by atoms with Crippen molar-refractivity contribution in [1.82, 2.24) is 10.2 Å². The largest absolute Gasteiger partial charge is 0.487 e. The number of carbonyl (C=O) groups is 1. The molecule has 0 aliphatic carbocycles. The lowest BCUT2D eigenvalue weighted by Crippen LogP contribution is -2.06. The summed E-state index contributed by atoms with van der Waals surface area (Å²) in [4.78, 5) is 11.2. The second-order valence-electron chi connectivity index (χ2n) is 5.10. The molecule has 6 heteroatoms. The molecule has 0 saturated carbocycles. The van der Waals surface area contributed by atoms with Crippen molar-refractivity contribution in [3.05, 3.63) is 45.2 Å². The lowest BCUT2D eigenvalue weighted by atomic mass is 10.0. The topological polar surface area (TPSA) is 75.2 Å². The molecule has 0 saturated heterocycles. The standard InChI is InChI=1S/C15H17BrN2O3/c1-8(2)11-6-10(16)4-5-13(11)21-7-12-14(15(19)20)9(3)17-18-12/h4-6,8H,7H2,1-3H3,(H,17,18)(H,19,20). The van der Waals surface area contributed by atoms with Crippen LogP contribution in [0.4, 0.5) is 0 Å². The van der Waals surface area contributed by atoms with Crippen LogP contribution >= 0.6 is 15.9 Å². The number of halogens is 1. The Morgan fingerprint density at radius 3 is 2.81 bits per heavy atom. The van der Waals surface area contributed by atoms with E-state index < -0.39 is 5.97 Å². The van der Waals surface area contributed by atoms with Crippen LogP contribution in [0.3, 0.4) is 0 Å². The van der Waals surface area contributed by atoms with Gasteiger partial charge in [-0.1, -0.05) is 29.8 Å². The fourth-order valence-corrected chi connectivity index (χ4v) is 2.49. The number of aromatic carboxylic acids is 1. The summed E-state index contributed by atoms with van der Waals surface area (Å²) in [6.07, 6.45) is 0. The van der Waals surface area contributed by atoms with E-state index in [0.29, 0.717) is 17.3 Å². The highest BCUT2D eigenvalue weighted by Crippen LogP contribution is 2.30. The van der Waals surface area contributed by atoms with E-state index in [4.69, 9.17) is 4.74 Å². The Kier molecular flexibility index (Phi) is 4.67. The summed E-state index contributed by atoms with van der Waals surface area (Å²) in [6, 6.07) is 5.78. The van der Waals surface area contributed by atoms with Crippen LogP contribution in [0.25, 0.3) is 0 Å². The van der Waals surface area contributed by atoms with Crippen molar-refractivity contribution >= 4 is 21.9 Å². The third-order valence-electron chi connectivity index (χ3n) is 3.19. The molecule has 21 heavy (non-hydrogen) atoms. The number of hydrogen-bond donors (Lipinski definition) is 2. The predicted octanol–water partition coefficient (Wildman–Crippen LogP) is 3.88. The molecule has 0 atom stereocenters. The first-order valence-electron chi connectivity index (χ1n) is 6.59. The number of nitrogens with one attached hydrogen (secondary N) is 1. The van der Waals surface area contributed by atoms with Crippen LogP contribution in [0.15, 0.2) is 22.7 Å². The number of hydrogen-bond acceptors (Lipinski definition) is 3. The van der Waals surface area contributed by atoms with E-state index >= 15 is 0 Å². The minimum atomic E-state index is -1.00. The molecule has 0 unspecified atom stereocenters. The maximum Gasteiger partial charge on any atom is 0.339 e. The average Bonchev–Trinajstić information content (AvgIpc) is 2.78. The molecule has 1 heterocycles. The highest BCUT2D eigenvalue weighted by molar-refractivity contribution is 9.10. The zero-order chi connectivity index (χ0) is 15.6. The molecule has 2 rings (SSSR count). The Morgan fingerprint density at radius 2 is 2.19 bits per heavy atom. The number of H-pyrrole nitrogens is 1. The molecule has 0 bridgehead atoms.